The lowest BCUT2D eigenvalue weighted by Crippen LogP contribution is -2.26. The zero-order valence-electron chi connectivity index (χ0n) is 12.4. The smallest absolute Gasteiger partial charge is 0.339 e. The van der Waals surface area contributed by atoms with Crippen LogP contribution in [0.4, 0.5) is 0 Å². The lowest BCUT2D eigenvalue weighted by molar-refractivity contribution is -0.127. The molecule has 0 fully saturated rings. The number of esters is 1. The number of ether oxygens (including phenoxy) is 2. The molecule has 5 nitrogen and oxygen atoms in total. The van der Waals surface area contributed by atoms with E-state index in [-0.39, 0.29) is 0 Å². The largest absolute Gasteiger partial charge is 0.496 e. The van der Waals surface area contributed by atoms with Crippen LogP contribution in [0.25, 0.3) is 0 Å². The Hall–Kier alpha value is -2.82. The van der Waals surface area contributed by atoms with E-state index < -0.39 is 18.0 Å². The summed E-state index contributed by atoms with van der Waals surface area (Å²) in [5.74, 6) is -0.783. The summed E-state index contributed by atoms with van der Waals surface area (Å²) < 4.78 is 10.4. The normalized spacial score (nSPS) is 11.5. The highest BCUT2D eigenvalue weighted by atomic mass is 16.5. The van der Waals surface area contributed by atoms with Crippen molar-refractivity contribution < 1.29 is 19.1 Å². The van der Waals surface area contributed by atoms with E-state index in [9.17, 15) is 9.59 Å². The zero-order chi connectivity index (χ0) is 16.1. The first-order valence-corrected chi connectivity index (χ1v) is 6.73. The van der Waals surface area contributed by atoms with Crippen LogP contribution in [-0.2, 0) is 9.53 Å². The van der Waals surface area contributed by atoms with E-state index >= 15 is 0 Å². The van der Waals surface area contributed by atoms with Gasteiger partial charge in [0.1, 0.15) is 5.75 Å². The van der Waals surface area contributed by atoms with Crippen LogP contribution in [0.5, 0.6) is 5.75 Å². The van der Waals surface area contributed by atoms with Crippen LogP contribution in [0.15, 0.2) is 48.5 Å². The summed E-state index contributed by atoms with van der Waals surface area (Å²) in [5, 5.41) is 0. The van der Waals surface area contributed by atoms with E-state index in [1.54, 1.807) is 48.5 Å². The maximum atomic E-state index is 12.2. The molecule has 2 aromatic carbocycles. The van der Waals surface area contributed by atoms with Gasteiger partial charge in [-0.2, -0.15) is 0 Å². The number of carbonyl (C=O) groups excluding carboxylic acids is 2. The van der Waals surface area contributed by atoms with Crippen molar-refractivity contribution in [1.82, 2.24) is 0 Å². The van der Waals surface area contributed by atoms with Gasteiger partial charge in [0.2, 0.25) is 6.10 Å². The Morgan fingerprint density at radius 3 is 2.36 bits per heavy atom. The molecule has 1 amide bonds. The molecule has 114 valence electrons. The van der Waals surface area contributed by atoms with Gasteiger partial charge in [-0.15, -0.1) is 0 Å². The van der Waals surface area contributed by atoms with E-state index in [2.05, 4.69) is 0 Å². The number of methoxy groups -OCH3 is 1. The highest BCUT2D eigenvalue weighted by Gasteiger charge is 2.23. The maximum absolute atomic E-state index is 12.2. The van der Waals surface area contributed by atoms with Crippen LogP contribution in [-0.4, -0.2) is 19.0 Å². The van der Waals surface area contributed by atoms with E-state index in [1.165, 1.54) is 7.11 Å². The van der Waals surface area contributed by atoms with Gasteiger partial charge >= 0.3 is 5.97 Å². The highest BCUT2D eigenvalue weighted by Crippen LogP contribution is 2.22. The molecule has 0 aliphatic rings. The number of hydrogen-bond acceptors (Lipinski definition) is 4. The van der Waals surface area contributed by atoms with Crippen LogP contribution in [0.3, 0.4) is 0 Å². The quantitative estimate of drug-likeness (QED) is 0.860. The average molecular weight is 299 g/mol. The fraction of sp³-hybridized carbons (Fsp3) is 0.176. The molecule has 22 heavy (non-hydrogen) atoms. The number of amides is 1. The molecule has 2 aromatic rings. The lowest BCUT2D eigenvalue weighted by atomic mass is 10.1. The molecule has 0 unspecified atom stereocenters. The fourth-order valence-electron chi connectivity index (χ4n) is 2.04. The van der Waals surface area contributed by atoms with Crippen LogP contribution >= 0.6 is 0 Å². The average Bonchev–Trinajstić information content (AvgIpc) is 2.53. The van der Waals surface area contributed by atoms with Crippen molar-refractivity contribution in [3.8, 4) is 5.75 Å². The first-order chi connectivity index (χ1) is 10.5. The molecule has 0 saturated heterocycles. The molecule has 5 heteroatoms. The minimum absolute atomic E-state index is 0.296. The number of nitrogens with two attached hydrogens (primary N) is 1. The predicted octanol–water partition coefficient (Wildman–Crippen LogP) is 2.39. The van der Waals surface area contributed by atoms with Crippen LogP contribution in [0.1, 0.15) is 27.6 Å². The minimum Gasteiger partial charge on any atom is -0.496 e. The van der Waals surface area contributed by atoms with Crippen molar-refractivity contribution in [2.24, 2.45) is 5.73 Å². The van der Waals surface area contributed by atoms with Gasteiger partial charge in [0, 0.05) is 5.56 Å². The van der Waals surface area contributed by atoms with Gasteiger partial charge < -0.3 is 15.2 Å². The van der Waals surface area contributed by atoms with Gasteiger partial charge in [0.25, 0.3) is 5.91 Å². The number of hydrogen-bond donors (Lipinski definition) is 1. The number of primary amides is 1. The Morgan fingerprint density at radius 1 is 1.09 bits per heavy atom. The molecule has 0 saturated carbocycles. The van der Waals surface area contributed by atoms with Crippen molar-refractivity contribution >= 4 is 11.9 Å². The lowest BCUT2D eigenvalue weighted by Gasteiger charge is -2.15. The SMILES string of the molecule is COc1cc(C(=O)O[C@@H](C(N)=O)c2ccccc2)ccc1C. The van der Waals surface area contributed by atoms with Crippen molar-refractivity contribution in [2.75, 3.05) is 7.11 Å². The molecular weight excluding hydrogens is 282 g/mol. The third-order valence-electron chi connectivity index (χ3n) is 3.23. The molecule has 0 bridgehead atoms. The van der Waals surface area contributed by atoms with Gasteiger partial charge in [-0.05, 0) is 24.6 Å². The van der Waals surface area contributed by atoms with Gasteiger partial charge in [-0.1, -0.05) is 36.4 Å². The van der Waals surface area contributed by atoms with Crippen LogP contribution in [0.2, 0.25) is 0 Å². The molecule has 0 heterocycles. The van der Waals surface area contributed by atoms with Gasteiger partial charge in [-0.3, -0.25) is 4.79 Å². The van der Waals surface area contributed by atoms with E-state index in [0.717, 1.165) is 5.56 Å². The first kappa shape index (κ1) is 15.6. The summed E-state index contributed by atoms with van der Waals surface area (Å²) >= 11 is 0. The molecule has 2 rings (SSSR count). The van der Waals surface area contributed by atoms with Crippen molar-refractivity contribution in [3.63, 3.8) is 0 Å². The number of benzene rings is 2. The summed E-state index contributed by atoms with van der Waals surface area (Å²) in [6.45, 7) is 1.87. The Bertz CT molecular complexity index is 682. The van der Waals surface area contributed by atoms with Crippen molar-refractivity contribution in [1.29, 1.82) is 0 Å². The summed E-state index contributed by atoms with van der Waals surface area (Å²) in [6.07, 6.45) is -1.12. The van der Waals surface area contributed by atoms with E-state index in [0.29, 0.717) is 16.9 Å². The number of aryl methyl sites for hydroxylation is 1. The molecular formula is C17H17NO4. The summed E-state index contributed by atoms with van der Waals surface area (Å²) in [7, 11) is 1.52. The van der Waals surface area contributed by atoms with Gasteiger partial charge in [0.15, 0.2) is 0 Å². The minimum atomic E-state index is -1.12. The summed E-state index contributed by atoms with van der Waals surface area (Å²) in [5.41, 5.74) is 7.06. The third kappa shape index (κ3) is 3.44. The second kappa shape index (κ2) is 6.76. The topological polar surface area (TPSA) is 78.6 Å². The third-order valence-corrected chi connectivity index (χ3v) is 3.23. The number of carbonyl (C=O) groups is 2. The Labute approximate surface area is 128 Å². The van der Waals surface area contributed by atoms with Crippen LogP contribution in [0, 0.1) is 6.92 Å². The summed E-state index contributed by atoms with van der Waals surface area (Å²) in [4.78, 5) is 23.8. The van der Waals surface area contributed by atoms with Gasteiger partial charge in [-0.25, -0.2) is 4.79 Å². The zero-order valence-corrected chi connectivity index (χ0v) is 12.4. The molecule has 0 spiro atoms. The second-order valence-corrected chi connectivity index (χ2v) is 4.78. The monoisotopic (exact) mass is 299 g/mol. The molecule has 1 atom stereocenters. The van der Waals surface area contributed by atoms with Crippen LogP contribution < -0.4 is 10.5 Å². The van der Waals surface area contributed by atoms with Crippen molar-refractivity contribution in [2.45, 2.75) is 13.0 Å². The molecule has 0 aromatic heterocycles. The number of rotatable bonds is 5. The van der Waals surface area contributed by atoms with Gasteiger partial charge in [0.05, 0.1) is 12.7 Å². The van der Waals surface area contributed by atoms with Crippen molar-refractivity contribution in [3.05, 3.63) is 65.2 Å². The fourth-order valence-corrected chi connectivity index (χ4v) is 2.04. The first-order valence-electron chi connectivity index (χ1n) is 6.73. The summed E-state index contributed by atoms with van der Waals surface area (Å²) in [6, 6.07) is 13.6. The second-order valence-electron chi connectivity index (χ2n) is 4.78. The Balaban J connectivity index is 2.24. The predicted molar refractivity (Wildman–Crippen MR) is 81.5 cm³/mol. The molecule has 2 N–H and O–H groups in total. The molecule has 0 aliphatic heterocycles. The molecule has 0 radical (unpaired) electrons. The Morgan fingerprint density at radius 2 is 1.77 bits per heavy atom. The van der Waals surface area contributed by atoms with E-state index in [1.807, 2.05) is 6.92 Å². The highest BCUT2D eigenvalue weighted by molar-refractivity contribution is 5.92. The van der Waals surface area contributed by atoms with E-state index in [4.69, 9.17) is 15.2 Å². The maximum Gasteiger partial charge on any atom is 0.339 e. The standard InChI is InChI=1S/C17H17NO4/c1-11-8-9-13(10-14(11)21-2)17(20)22-15(16(18)19)12-6-4-3-5-7-12/h3-10,15H,1-2H3,(H2,18,19)/t15-/m1/s1. The Kier molecular flexibility index (Phi) is 4.78. The molecule has 0 aliphatic carbocycles.